The number of hydrogen-bond donors (Lipinski definition) is 2. The zero-order valence-corrected chi connectivity index (χ0v) is 13.9. The van der Waals surface area contributed by atoms with Crippen molar-refractivity contribution in [2.45, 2.75) is 39.7 Å². The van der Waals surface area contributed by atoms with Crippen LogP contribution < -0.4 is 5.32 Å². The third kappa shape index (κ3) is 5.54. The first-order chi connectivity index (χ1) is 10.7. The minimum Gasteiger partial charge on any atom is -0.480 e. The fourth-order valence-corrected chi connectivity index (χ4v) is 2.68. The highest BCUT2D eigenvalue weighted by Crippen LogP contribution is 2.20. The first kappa shape index (κ1) is 18.9. The fourth-order valence-electron chi connectivity index (χ4n) is 2.68. The molecule has 1 aliphatic heterocycles. The molecule has 0 aliphatic carbocycles. The molecule has 1 heterocycles. The lowest BCUT2D eigenvalue weighted by molar-refractivity contribution is -0.152. The number of nitrogens with zero attached hydrogens (tertiary/aromatic N) is 2. The molecule has 8 nitrogen and oxygen atoms in total. The highest BCUT2D eigenvalue weighted by atomic mass is 16.4. The number of carboxylic acids is 1. The summed E-state index contributed by atoms with van der Waals surface area (Å²) in [6.45, 7) is 5.53. The van der Waals surface area contributed by atoms with Gasteiger partial charge in [-0.3, -0.25) is 14.4 Å². The van der Waals surface area contributed by atoms with Crippen LogP contribution in [0.3, 0.4) is 0 Å². The number of nitrogens with one attached hydrogen (secondary N) is 1. The van der Waals surface area contributed by atoms with E-state index in [0.717, 1.165) is 6.42 Å². The molecule has 1 aliphatic rings. The van der Waals surface area contributed by atoms with Crippen LogP contribution in [0, 0.1) is 5.92 Å². The van der Waals surface area contributed by atoms with Gasteiger partial charge in [0.05, 0.1) is 5.92 Å². The van der Waals surface area contributed by atoms with Crippen LogP contribution in [-0.2, 0) is 19.2 Å². The molecule has 0 aromatic carbocycles. The summed E-state index contributed by atoms with van der Waals surface area (Å²) in [6, 6.07) is -0.982. The highest BCUT2D eigenvalue weighted by Gasteiger charge is 2.34. The molecule has 1 rings (SSSR count). The van der Waals surface area contributed by atoms with Crippen molar-refractivity contribution in [3.63, 3.8) is 0 Å². The summed E-state index contributed by atoms with van der Waals surface area (Å²) in [5.41, 5.74) is 0. The van der Waals surface area contributed by atoms with E-state index in [0.29, 0.717) is 19.5 Å². The molecule has 3 amide bonds. The van der Waals surface area contributed by atoms with Crippen molar-refractivity contribution >= 4 is 23.7 Å². The van der Waals surface area contributed by atoms with Gasteiger partial charge < -0.3 is 20.2 Å². The van der Waals surface area contributed by atoms with Crippen LogP contribution in [0.5, 0.6) is 0 Å². The summed E-state index contributed by atoms with van der Waals surface area (Å²) in [5.74, 6) is -2.09. The van der Waals surface area contributed by atoms with E-state index in [9.17, 15) is 24.3 Å². The molecule has 1 fully saturated rings. The Morgan fingerprint density at radius 3 is 2.48 bits per heavy atom. The van der Waals surface area contributed by atoms with E-state index in [1.54, 1.807) is 4.90 Å². The van der Waals surface area contributed by atoms with Gasteiger partial charge in [0.1, 0.15) is 6.04 Å². The van der Waals surface area contributed by atoms with Crippen molar-refractivity contribution in [1.29, 1.82) is 0 Å². The molecule has 2 atom stereocenters. The fraction of sp³-hybridized carbons (Fsp3) is 0.733. The van der Waals surface area contributed by atoms with Crippen LogP contribution in [0.15, 0.2) is 0 Å². The molecule has 0 aromatic rings. The molecular weight excluding hydrogens is 302 g/mol. The lowest BCUT2D eigenvalue weighted by Crippen LogP contribution is -2.52. The second-order valence-corrected chi connectivity index (χ2v) is 5.83. The largest absolute Gasteiger partial charge is 0.480 e. The minimum atomic E-state index is -1.10. The number of amides is 3. The van der Waals surface area contributed by atoms with Gasteiger partial charge in [-0.1, -0.05) is 0 Å². The quantitative estimate of drug-likeness (QED) is 0.695. The first-order valence-electron chi connectivity index (χ1n) is 7.77. The van der Waals surface area contributed by atoms with Gasteiger partial charge >= 0.3 is 5.97 Å². The van der Waals surface area contributed by atoms with Crippen LogP contribution in [-0.4, -0.2) is 70.8 Å². The van der Waals surface area contributed by atoms with E-state index in [-0.39, 0.29) is 30.8 Å². The van der Waals surface area contributed by atoms with Crippen molar-refractivity contribution in [3.8, 4) is 0 Å². The van der Waals surface area contributed by atoms with Crippen molar-refractivity contribution < 1.29 is 24.3 Å². The van der Waals surface area contributed by atoms with Gasteiger partial charge in [0.2, 0.25) is 17.7 Å². The van der Waals surface area contributed by atoms with E-state index in [2.05, 4.69) is 5.32 Å². The molecule has 1 saturated heterocycles. The number of hydrogen-bond acceptors (Lipinski definition) is 4. The first-order valence-corrected chi connectivity index (χ1v) is 7.77. The van der Waals surface area contributed by atoms with Gasteiger partial charge in [-0.2, -0.15) is 0 Å². The Balaban J connectivity index is 2.78. The Kier molecular flexibility index (Phi) is 6.99. The summed E-state index contributed by atoms with van der Waals surface area (Å²) in [7, 11) is 0. The molecule has 130 valence electrons. The van der Waals surface area contributed by atoms with Crippen molar-refractivity contribution in [2.75, 3.05) is 26.2 Å². The van der Waals surface area contributed by atoms with Crippen LogP contribution in [0.4, 0.5) is 0 Å². The lowest BCUT2D eigenvalue weighted by Gasteiger charge is -2.36. The SMILES string of the molecule is CC(=O)NCCN(C(=O)C1CCCN(C(C)=O)C1)C(C)C(=O)O. The smallest absolute Gasteiger partial charge is 0.326 e. The van der Waals surface area contributed by atoms with Crippen LogP contribution in [0.25, 0.3) is 0 Å². The number of likely N-dealkylation sites (tertiary alicyclic amines) is 1. The van der Waals surface area contributed by atoms with Gasteiger partial charge in [0, 0.05) is 40.0 Å². The minimum absolute atomic E-state index is 0.0846. The van der Waals surface area contributed by atoms with Gasteiger partial charge in [-0.15, -0.1) is 0 Å². The Morgan fingerprint density at radius 2 is 1.96 bits per heavy atom. The molecule has 8 heteroatoms. The summed E-state index contributed by atoms with van der Waals surface area (Å²) in [4.78, 5) is 49.3. The second-order valence-electron chi connectivity index (χ2n) is 5.83. The average Bonchev–Trinajstić information content (AvgIpc) is 2.50. The van der Waals surface area contributed by atoms with Crippen molar-refractivity contribution in [1.82, 2.24) is 15.1 Å². The number of rotatable bonds is 6. The predicted molar refractivity (Wildman–Crippen MR) is 82.5 cm³/mol. The molecule has 0 spiro atoms. The molecular formula is C15H25N3O5. The molecule has 23 heavy (non-hydrogen) atoms. The number of piperidine rings is 1. The third-order valence-corrected chi connectivity index (χ3v) is 4.05. The number of carbonyl (C=O) groups is 4. The predicted octanol–water partition coefficient (Wildman–Crippen LogP) is -0.317. The van der Waals surface area contributed by atoms with E-state index >= 15 is 0 Å². The molecule has 2 unspecified atom stereocenters. The third-order valence-electron chi connectivity index (χ3n) is 4.05. The molecule has 2 N–H and O–H groups in total. The molecule has 0 bridgehead atoms. The van der Waals surface area contributed by atoms with Crippen molar-refractivity contribution in [3.05, 3.63) is 0 Å². The highest BCUT2D eigenvalue weighted by molar-refractivity contribution is 5.85. The normalized spacial score (nSPS) is 18.9. The Morgan fingerprint density at radius 1 is 1.30 bits per heavy atom. The van der Waals surface area contributed by atoms with Crippen LogP contribution >= 0.6 is 0 Å². The Labute approximate surface area is 135 Å². The maximum atomic E-state index is 12.7. The molecule has 0 saturated carbocycles. The Bertz CT molecular complexity index is 480. The lowest BCUT2D eigenvalue weighted by atomic mass is 9.95. The summed E-state index contributed by atoms with van der Waals surface area (Å²) in [5, 5.41) is 11.8. The zero-order chi connectivity index (χ0) is 17.6. The van der Waals surface area contributed by atoms with Gasteiger partial charge in [-0.25, -0.2) is 4.79 Å². The van der Waals surface area contributed by atoms with E-state index in [4.69, 9.17) is 0 Å². The van der Waals surface area contributed by atoms with E-state index in [1.807, 2.05) is 0 Å². The summed E-state index contributed by atoms with van der Waals surface area (Å²) in [6.07, 6.45) is 1.35. The topological polar surface area (TPSA) is 107 Å². The maximum Gasteiger partial charge on any atom is 0.326 e. The van der Waals surface area contributed by atoms with Gasteiger partial charge in [0.25, 0.3) is 0 Å². The average molecular weight is 327 g/mol. The van der Waals surface area contributed by atoms with Crippen LogP contribution in [0.1, 0.15) is 33.6 Å². The summed E-state index contributed by atoms with van der Waals surface area (Å²) >= 11 is 0. The van der Waals surface area contributed by atoms with Gasteiger partial charge in [0.15, 0.2) is 0 Å². The Hall–Kier alpha value is -2.12. The van der Waals surface area contributed by atoms with Crippen molar-refractivity contribution in [2.24, 2.45) is 5.92 Å². The number of carboxylic acid groups (broad SMARTS) is 1. The maximum absolute atomic E-state index is 12.7. The van der Waals surface area contributed by atoms with Crippen LogP contribution in [0.2, 0.25) is 0 Å². The van der Waals surface area contributed by atoms with E-state index < -0.39 is 17.9 Å². The number of aliphatic carboxylic acids is 1. The monoisotopic (exact) mass is 327 g/mol. The van der Waals surface area contributed by atoms with Gasteiger partial charge in [-0.05, 0) is 19.8 Å². The van der Waals surface area contributed by atoms with E-state index in [1.165, 1.54) is 25.7 Å². The number of carbonyl (C=O) groups excluding carboxylic acids is 3. The zero-order valence-electron chi connectivity index (χ0n) is 13.9. The molecule has 0 radical (unpaired) electrons. The second kappa shape index (κ2) is 8.50. The summed E-state index contributed by atoms with van der Waals surface area (Å²) < 4.78 is 0. The molecule has 0 aromatic heterocycles. The standard InChI is InChI=1S/C15H25N3O5/c1-10(15(22)23)18(8-6-16-11(2)19)14(21)13-5-4-7-17(9-13)12(3)20/h10,13H,4-9H2,1-3H3,(H,16,19)(H,22,23).